The number of hydrogen-bond donors (Lipinski definition) is 1. The molecule has 1 N–H and O–H groups in total. The molecule has 124 valence electrons. The lowest BCUT2D eigenvalue weighted by Crippen LogP contribution is -2.00. The number of rotatable bonds is 2. The fraction of sp³-hybridized carbons (Fsp3) is 0. The summed E-state index contributed by atoms with van der Waals surface area (Å²) in [5.74, 6) is 0.184. The van der Waals surface area contributed by atoms with Crippen molar-refractivity contribution in [3.05, 3.63) is 88.4 Å². The summed E-state index contributed by atoms with van der Waals surface area (Å²) < 4.78 is 24.9. The summed E-state index contributed by atoms with van der Waals surface area (Å²) >= 11 is 8.79. The molecule has 0 aliphatic carbocycles. The van der Waals surface area contributed by atoms with Crippen molar-refractivity contribution in [2.24, 2.45) is 0 Å². The SMILES string of the molecule is O=S(=O)(c1ccccc1)c1ccccc1.Oc1ccc(Br)c(Cl)c1. The number of sulfone groups is 1. The van der Waals surface area contributed by atoms with Crippen LogP contribution in [0.3, 0.4) is 0 Å². The monoisotopic (exact) mass is 424 g/mol. The van der Waals surface area contributed by atoms with E-state index in [0.29, 0.717) is 14.8 Å². The van der Waals surface area contributed by atoms with Gasteiger partial charge in [-0.3, -0.25) is 0 Å². The second-order valence-corrected chi connectivity index (χ2v) is 7.94. The molecule has 3 aromatic rings. The van der Waals surface area contributed by atoms with Crippen molar-refractivity contribution in [1.29, 1.82) is 0 Å². The van der Waals surface area contributed by atoms with E-state index in [-0.39, 0.29) is 5.75 Å². The van der Waals surface area contributed by atoms with Crippen LogP contribution in [0.15, 0.2) is 93.1 Å². The van der Waals surface area contributed by atoms with Crippen LogP contribution in [0.2, 0.25) is 5.02 Å². The topological polar surface area (TPSA) is 54.4 Å². The Morgan fingerprint density at radius 1 is 0.792 bits per heavy atom. The first-order chi connectivity index (χ1) is 11.4. The van der Waals surface area contributed by atoms with E-state index in [1.165, 1.54) is 6.07 Å². The average Bonchev–Trinajstić information content (AvgIpc) is 2.60. The van der Waals surface area contributed by atoms with Gasteiger partial charge in [0, 0.05) is 4.47 Å². The van der Waals surface area contributed by atoms with E-state index in [0.717, 1.165) is 4.47 Å². The highest BCUT2D eigenvalue weighted by molar-refractivity contribution is 9.10. The van der Waals surface area contributed by atoms with Crippen molar-refractivity contribution in [1.82, 2.24) is 0 Å². The molecule has 3 aromatic carbocycles. The van der Waals surface area contributed by atoms with Crippen molar-refractivity contribution in [3.8, 4) is 5.75 Å². The molecule has 0 unspecified atom stereocenters. The van der Waals surface area contributed by atoms with Gasteiger partial charge < -0.3 is 5.11 Å². The maximum atomic E-state index is 12.0. The zero-order chi connectivity index (χ0) is 17.6. The highest BCUT2D eigenvalue weighted by Gasteiger charge is 2.15. The fourth-order valence-electron chi connectivity index (χ4n) is 1.82. The summed E-state index contributed by atoms with van der Waals surface area (Å²) in [4.78, 5) is 0.660. The summed E-state index contributed by atoms with van der Waals surface area (Å²) in [6.07, 6.45) is 0. The predicted octanol–water partition coefficient (Wildman–Crippen LogP) is 5.33. The molecule has 0 amide bonds. The zero-order valence-corrected chi connectivity index (χ0v) is 15.6. The van der Waals surface area contributed by atoms with E-state index in [2.05, 4.69) is 15.9 Å². The molecular weight excluding hydrogens is 412 g/mol. The number of halogens is 2. The van der Waals surface area contributed by atoms with Crippen LogP contribution in [0.25, 0.3) is 0 Å². The first-order valence-corrected chi connectivity index (χ1v) is 9.56. The predicted molar refractivity (Wildman–Crippen MR) is 99.2 cm³/mol. The second kappa shape index (κ2) is 8.33. The first kappa shape index (κ1) is 18.5. The van der Waals surface area contributed by atoms with Crippen molar-refractivity contribution < 1.29 is 13.5 Å². The van der Waals surface area contributed by atoms with Crippen molar-refractivity contribution in [3.63, 3.8) is 0 Å². The van der Waals surface area contributed by atoms with Crippen molar-refractivity contribution >= 4 is 37.4 Å². The molecule has 6 heteroatoms. The van der Waals surface area contributed by atoms with Gasteiger partial charge in [-0.15, -0.1) is 0 Å². The second-order valence-electron chi connectivity index (χ2n) is 4.73. The number of hydrogen-bond acceptors (Lipinski definition) is 3. The van der Waals surface area contributed by atoms with Gasteiger partial charge in [0.05, 0.1) is 14.8 Å². The van der Waals surface area contributed by atoms with Crippen LogP contribution in [0.5, 0.6) is 5.75 Å². The maximum absolute atomic E-state index is 12.0. The maximum Gasteiger partial charge on any atom is 0.206 e. The van der Waals surface area contributed by atoms with Gasteiger partial charge in [-0.2, -0.15) is 0 Å². The number of benzene rings is 3. The molecule has 0 radical (unpaired) electrons. The molecule has 24 heavy (non-hydrogen) atoms. The minimum atomic E-state index is -3.34. The van der Waals surface area contributed by atoms with E-state index in [4.69, 9.17) is 16.7 Å². The number of phenolic OH excluding ortho intramolecular Hbond substituents is 1. The third kappa shape index (κ3) is 4.84. The van der Waals surface area contributed by atoms with Crippen LogP contribution in [0, 0.1) is 0 Å². The molecule has 0 aliphatic heterocycles. The van der Waals surface area contributed by atoms with Gasteiger partial charge in [-0.05, 0) is 58.4 Å². The standard InChI is InChI=1S/C12H10O2S.C6H4BrClO/c13-15(14,11-7-3-1-4-8-11)12-9-5-2-6-10-12;7-5-2-1-4(9)3-6(5)8/h1-10H;1-3,9H. The third-order valence-electron chi connectivity index (χ3n) is 3.01. The molecule has 0 heterocycles. The Morgan fingerprint density at radius 2 is 1.25 bits per heavy atom. The summed E-state index contributed by atoms with van der Waals surface area (Å²) in [6.45, 7) is 0. The minimum Gasteiger partial charge on any atom is -0.508 e. The summed E-state index contributed by atoms with van der Waals surface area (Å²) in [7, 11) is -3.34. The molecule has 0 saturated heterocycles. The molecular formula is C18H14BrClO3S. The Kier molecular flexibility index (Phi) is 6.43. The van der Waals surface area contributed by atoms with Gasteiger partial charge >= 0.3 is 0 Å². The molecule has 3 nitrogen and oxygen atoms in total. The fourth-order valence-corrected chi connectivity index (χ4v) is 3.54. The molecule has 0 fully saturated rings. The third-order valence-corrected chi connectivity index (χ3v) is 6.03. The highest BCUT2D eigenvalue weighted by Crippen LogP contribution is 2.25. The van der Waals surface area contributed by atoms with Crippen LogP contribution < -0.4 is 0 Å². The Bertz CT molecular complexity index is 853. The van der Waals surface area contributed by atoms with Crippen molar-refractivity contribution in [2.75, 3.05) is 0 Å². The Morgan fingerprint density at radius 3 is 1.62 bits per heavy atom. The molecule has 0 atom stereocenters. The summed E-state index contributed by atoms with van der Waals surface area (Å²) in [5, 5.41) is 9.36. The largest absolute Gasteiger partial charge is 0.508 e. The van der Waals surface area contributed by atoms with E-state index in [1.807, 2.05) is 0 Å². The van der Waals surface area contributed by atoms with Crippen LogP contribution in [0.1, 0.15) is 0 Å². The molecule has 0 aromatic heterocycles. The van der Waals surface area contributed by atoms with Gasteiger partial charge in [0.2, 0.25) is 9.84 Å². The molecule has 0 saturated carbocycles. The lowest BCUT2D eigenvalue weighted by atomic mass is 10.3. The minimum absolute atomic E-state index is 0.184. The first-order valence-electron chi connectivity index (χ1n) is 6.90. The van der Waals surface area contributed by atoms with Crippen LogP contribution in [-0.4, -0.2) is 13.5 Å². The zero-order valence-electron chi connectivity index (χ0n) is 12.4. The summed E-state index contributed by atoms with van der Waals surface area (Å²) in [5.41, 5.74) is 0. The quantitative estimate of drug-likeness (QED) is 0.604. The van der Waals surface area contributed by atoms with Crippen molar-refractivity contribution in [2.45, 2.75) is 9.79 Å². The Hall–Kier alpha value is -1.82. The molecule has 3 rings (SSSR count). The van der Waals surface area contributed by atoms with Gasteiger partial charge in [0.15, 0.2) is 0 Å². The Labute approximate surface area is 154 Å². The van der Waals surface area contributed by atoms with Crippen LogP contribution in [-0.2, 0) is 9.84 Å². The number of aromatic hydroxyl groups is 1. The van der Waals surface area contributed by atoms with E-state index < -0.39 is 9.84 Å². The van der Waals surface area contributed by atoms with Crippen LogP contribution >= 0.6 is 27.5 Å². The van der Waals surface area contributed by atoms with E-state index in [9.17, 15) is 8.42 Å². The average molecular weight is 426 g/mol. The van der Waals surface area contributed by atoms with E-state index >= 15 is 0 Å². The van der Waals surface area contributed by atoms with Gasteiger partial charge in [0.1, 0.15) is 5.75 Å². The van der Waals surface area contributed by atoms with Crippen LogP contribution in [0.4, 0.5) is 0 Å². The lowest BCUT2D eigenvalue weighted by Gasteiger charge is -2.03. The number of phenols is 1. The lowest BCUT2D eigenvalue weighted by molar-refractivity contribution is 0.475. The Balaban J connectivity index is 0.000000198. The van der Waals surface area contributed by atoms with E-state index in [1.54, 1.807) is 72.8 Å². The highest BCUT2D eigenvalue weighted by atomic mass is 79.9. The van der Waals surface area contributed by atoms with Gasteiger partial charge in [-0.25, -0.2) is 8.42 Å². The molecule has 0 aliphatic rings. The summed E-state index contributed by atoms with van der Waals surface area (Å²) in [6, 6.07) is 21.6. The normalized spacial score (nSPS) is 10.6. The molecule has 0 spiro atoms. The molecule has 0 bridgehead atoms. The van der Waals surface area contributed by atoms with Gasteiger partial charge in [0.25, 0.3) is 0 Å². The smallest absolute Gasteiger partial charge is 0.206 e. The van der Waals surface area contributed by atoms with Gasteiger partial charge in [-0.1, -0.05) is 48.0 Å².